The quantitative estimate of drug-likeness (QED) is 0.299. The van der Waals surface area contributed by atoms with Crippen LogP contribution in [0.4, 0.5) is 0 Å². The highest BCUT2D eigenvalue weighted by Gasteiger charge is 2.35. The van der Waals surface area contributed by atoms with Crippen LogP contribution in [0.3, 0.4) is 0 Å². The van der Waals surface area contributed by atoms with E-state index in [2.05, 4.69) is 10.3 Å². The average Bonchev–Trinajstić information content (AvgIpc) is 2.29. The molecular weight excluding hydrogens is 252 g/mol. The van der Waals surface area contributed by atoms with Crippen molar-refractivity contribution < 1.29 is 19.8 Å². The Morgan fingerprint density at radius 1 is 1.53 bits per heavy atom. The highest BCUT2D eigenvalue weighted by molar-refractivity contribution is 5.87. The largest absolute Gasteiger partial charge is 0.478 e. The molecular formula is C11H18N4O4. The second-order valence-corrected chi connectivity index (χ2v) is 4.41. The van der Waals surface area contributed by atoms with Gasteiger partial charge in [0.1, 0.15) is 0 Å². The molecule has 1 amide bonds. The fraction of sp³-hybridized carbons (Fsp3) is 0.545. The molecule has 1 rings (SSSR count). The van der Waals surface area contributed by atoms with E-state index in [1.54, 1.807) is 0 Å². The van der Waals surface area contributed by atoms with E-state index in [4.69, 9.17) is 16.6 Å². The number of carbonyl (C=O) groups excluding carboxylic acids is 1. The molecule has 8 nitrogen and oxygen atoms in total. The Hall–Kier alpha value is -2.09. The van der Waals surface area contributed by atoms with Gasteiger partial charge in [-0.15, -0.1) is 0 Å². The lowest BCUT2D eigenvalue weighted by Gasteiger charge is -2.33. The summed E-state index contributed by atoms with van der Waals surface area (Å²) >= 11 is 0. The zero-order valence-corrected chi connectivity index (χ0v) is 10.5. The van der Waals surface area contributed by atoms with Gasteiger partial charge in [0, 0.05) is 25.0 Å². The Morgan fingerprint density at radius 3 is 2.58 bits per heavy atom. The molecule has 106 valence electrons. The predicted octanol–water partition coefficient (Wildman–Crippen LogP) is -1.84. The van der Waals surface area contributed by atoms with Crippen molar-refractivity contribution in [3.8, 4) is 0 Å². The predicted molar refractivity (Wildman–Crippen MR) is 68.1 cm³/mol. The minimum Gasteiger partial charge on any atom is -0.478 e. The van der Waals surface area contributed by atoms with Gasteiger partial charge >= 0.3 is 5.97 Å². The van der Waals surface area contributed by atoms with Crippen molar-refractivity contribution in [1.82, 2.24) is 5.32 Å². The first-order valence-corrected chi connectivity index (χ1v) is 5.75. The van der Waals surface area contributed by atoms with Crippen LogP contribution in [-0.2, 0) is 9.59 Å². The molecule has 0 saturated carbocycles. The van der Waals surface area contributed by atoms with Crippen LogP contribution >= 0.6 is 0 Å². The van der Waals surface area contributed by atoms with Gasteiger partial charge in [-0.3, -0.25) is 4.79 Å². The monoisotopic (exact) mass is 270 g/mol. The summed E-state index contributed by atoms with van der Waals surface area (Å²) in [5, 5.41) is 21.0. The Balaban J connectivity index is 3.12. The summed E-state index contributed by atoms with van der Waals surface area (Å²) in [4.78, 5) is 26.1. The third-order valence-electron chi connectivity index (χ3n) is 2.91. The number of rotatable bonds is 4. The summed E-state index contributed by atoms with van der Waals surface area (Å²) in [6, 6.07) is -1.24. The maximum atomic E-state index is 11.2. The summed E-state index contributed by atoms with van der Waals surface area (Å²) in [6.07, 6.45) is 1.54. The summed E-state index contributed by atoms with van der Waals surface area (Å²) < 4.78 is 0. The zero-order valence-electron chi connectivity index (χ0n) is 10.5. The van der Waals surface area contributed by atoms with E-state index in [-0.39, 0.29) is 30.5 Å². The number of nitrogens with zero attached hydrogens (tertiary/aromatic N) is 1. The number of aliphatic carboxylic acids is 1. The maximum absolute atomic E-state index is 11.2. The molecule has 3 atom stereocenters. The molecule has 8 heteroatoms. The molecule has 0 aromatic rings. The van der Waals surface area contributed by atoms with E-state index < -0.39 is 24.0 Å². The molecule has 1 aliphatic rings. The lowest BCUT2D eigenvalue weighted by molar-refractivity contribution is -0.133. The number of nitrogens with two attached hydrogens (primary N) is 2. The number of aliphatic hydroxyl groups is 1. The van der Waals surface area contributed by atoms with E-state index >= 15 is 0 Å². The molecule has 0 aromatic carbocycles. The third-order valence-corrected chi connectivity index (χ3v) is 2.91. The second kappa shape index (κ2) is 6.19. The second-order valence-electron chi connectivity index (χ2n) is 4.41. The standard InChI is InChI=1S/C11H18N4O4/c1-5(17)14-9-7(4-16)2-6(10(18)19)3-8(9)15-11(12)13/h3,7-9,16H,2,4H2,1H3,(H,14,17)(H,18,19)(H4,12,13,15)/t7-,8-,9-/m0/s1. The summed E-state index contributed by atoms with van der Waals surface area (Å²) in [5.41, 5.74) is 10.7. The highest BCUT2D eigenvalue weighted by Crippen LogP contribution is 2.26. The van der Waals surface area contributed by atoms with Gasteiger partial charge in [0.2, 0.25) is 5.91 Å². The summed E-state index contributed by atoms with van der Waals surface area (Å²) in [6.45, 7) is 1.06. The van der Waals surface area contributed by atoms with Crippen LogP contribution in [0.25, 0.3) is 0 Å². The van der Waals surface area contributed by atoms with Gasteiger partial charge in [-0.1, -0.05) is 0 Å². The van der Waals surface area contributed by atoms with Crippen LogP contribution in [0.5, 0.6) is 0 Å². The molecule has 0 fully saturated rings. The van der Waals surface area contributed by atoms with Crippen LogP contribution in [0, 0.1) is 5.92 Å². The number of hydrogen-bond acceptors (Lipinski definition) is 4. The molecule has 1 aliphatic carbocycles. The molecule has 0 radical (unpaired) electrons. The van der Waals surface area contributed by atoms with E-state index in [1.807, 2.05) is 0 Å². The zero-order chi connectivity index (χ0) is 14.6. The van der Waals surface area contributed by atoms with E-state index in [1.165, 1.54) is 13.0 Å². The number of aliphatic imine (C=N–C) groups is 1. The van der Waals surface area contributed by atoms with Crippen LogP contribution in [0.1, 0.15) is 13.3 Å². The molecule has 0 aliphatic heterocycles. The molecule has 0 unspecified atom stereocenters. The normalized spacial score (nSPS) is 26.2. The number of amides is 1. The van der Waals surface area contributed by atoms with Crippen molar-refractivity contribution in [3.05, 3.63) is 11.6 Å². The molecule has 0 heterocycles. The number of carboxylic acids is 1. The number of hydrogen-bond donors (Lipinski definition) is 5. The Kier molecular flexibility index (Phi) is 4.87. The van der Waals surface area contributed by atoms with Crippen LogP contribution in [-0.4, -0.2) is 46.7 Å². The van der Waals surface area contributed by atoms with Gasteiger partial charge in [-0.2, -0.15) is 0 Å². The summed E-state index contributed by atoms with van der Waals surface area (Å²) in [7, 11) is 0. The highest BCUT2D eigenvalue weighted by atomic mass is 16.4. The Labute approximate surface area is 110 Å². The van der Waals surface area contributed by atoms with Crippen LogP contribution in [0.15, 0.2) is 16.6 Å². The first kappa shape index (κ1) is 15.0. The van der Waals surface area contributed by atoms with Gasteiger partial charge in [-0.05, 0) is 12.5 Å². The number of guanidine groups is 1. The van der Waals surface area contributed by atoms with Gasteiger partial charge in [0.05, 0.1) is 12.1 Å². The third kappa shape index (κ3) is 3.95. The van der Waals surface area contributed by atoms with Crippen LogP contribution in [0.2, 0.25) is 0 Å². The van der Waals surface area contributed by atoms with Gasteiger partial charge in [0.25, 0.3) is 0 Å². The molecule has 0 bridgehead atoms. The smallest absolute Gasteiger partial charge is 0.331 e. The van der Waals surface area contributed by atoms with Crippen molar-refractivity contribution in [2.75, 3.05) is 6.61 Å². The molecule has 0 saturated heterocycles. The van der Waals surface area contributed by atoms with Gasteiger partial charge in [0.15, 0.2) is 5.96 Å². The summed E-state index contributed by atoms with van der Waals surface area (Å²) in [5.74, 6) is -2.05. The van der Waals surface area contributed by atoms with E-state index in [0.29, 0.717) is 0 Å². The molecule has 7 N–H and O–H groups in total. The first-order valence-electron chi connectivity index (χ1n) is 5.75. The van der Waals surface area contributed by atoms with E-state index in [0.717, 1.165) is 0 Å². The molecule has 0 spiro atoms. The van der Waals surface area contributed by atoms with Crippen molar-refractivity contribution in [3.63, 3.8) is 0 Å². The first-order chi connectivity index (χ1) is 8.85. The SMILES string of the molecule is CC(=O)N[C@H]1[C@H](CO)CC(C(=O)O)=C[C@@H]1N=C(N)N. The number of carboxylic acid groups (broad SMARTS) is 1. The van der Waals surface area contributed by atoms with Gasteiger partial charge < -0.3 is 27.0 Å². The van der Waals surface area contributed by atoms with Crippen LogP contribution < -0.4 is 16.8 Å². The lowest BCUT2D eigenvalue weighted by Crippen LogP contribution is -2.50. The fourth-order valence-electron chi connectivity index (χ4n) is 2.13. The Morgan fingerprint density at radius 2 is 2.16 bits per heavy atom. The minimum atomic E-state index is -1.09. The van der Waals surface area contributed by atoms with Crippen molar-refractivity contribution in [2.45, 2.75) is 25.4 Å². The minimum absolute atomic E-state index is 0.121. The number of nitrogens with one attached hydrogen (secondary N) is 1. The number of aliphatic hydroxyl groups excluding tert-OH is 1. The number of carbonyl (C=O) groups is 2. The van der Waals surface area contributed by atoms with E-state index in [9.17, 15) is 14.7 Å². The molecule has 0 aromatic heterocycles. The topological polar surface area (TPSA) is 151 Å². The van der Waals surface area contributed by atoms with Crippen molar-refractivity contribution in [1.29, 1.82) is 0 Å². The average molecular weight is 270 g/mol. The fourth-order valence-corrected chi connectivity index (χ4v) is 2.13. The molecule has 19 heavy (non-hydrogen) atoms. The lowest BCUT2D eigenvalue weighted by atomic mass is 9.82. The van der Waals surface area contributed by atoms with Crippen molar-refractivity contribution >= 4 is 17.8 Å². The maximum Gasteiger partial charge on any atom is 0.331 e. The van der Waals surface area contributed by atoms with Gasteiger partial charge in [-0.25, -0.2) is 9.79 Å². The van der Waals surface area contributed by atoms with Crippen molar-refractivity contribution in [2.24, 2.45) is 22.4 Å². The Bertz CT molecular complexity index is 428.